The van der Waals surface area contributed by atoms with E-state index in [9.17, 15) is 0 Å². The normalized spacial score (nSPS) is 32.5. The summed E-state index contributed by atoms with van der Waals surface area (Å²) in [6.07, 6.45) is 1.54. The average Bonchev–Trinajstić information content (AvgIpc) is 2.58. The van der Waals surface area contributed by atoms with Crippen LogP contribution in [0.25, 0.3) is 0 Å². The summed E-state index contributed by atoms with van der Waals surface area (Å²) in [5, 5.41) is 0. The Kier molecular flexibility index (Phi) is 4.32. The van der Waals surface area contributed by atoms with Gasteiger partial charge in [-0.1, -0.05) is 25.1 Å². The van der Waals surface area contributed by atoms with E-state index in [1.54, 1.807) is 0 Å². The Morgan fingerprint density at radius 3 is 2.32 bits per heavy atom. The summed E-state index contributed by atoms with van der Waals surface area (Å²) >= 11 is 0. The van der Waals surface area contributed by atoms with Crippen LogP contribution >= 0.6 is 0 Å². The van der Waals surface area contributed by atoms with Gasteiger partial charge in [-0.25, -0.2) is 0 Å². The first kappa shape index (κ1) is 14.5. The standard InChI is InChI=1S/C17H27NO/c1-10-6-7-15(8-11(10)2)9-16(18)17-12(3)13(4)19-14(17)5/h6-8,12-14,16-17H,9,18H2,1-5H3. The molecule has 5 unspecified atom stereocenters. The van der Waals surface area contributed by atoms with Crippen LogP contribution in [0.3, 0.4) is 0 Å². The van der Waals surface area contributed by atoms with Gasteiger partial charge < -0.3 is 10.5 Å². The second-order valence-corrected chi connectivity index (χ2v) is 6.27. The molecule has 1 heterocycles. The molecule has 0 bridgehead atoms. The van der Waals surface area contributed by atoms with Crippen molar-refractivity contribution in [2.45, 2.75) is 59.3 Å². The fourth-order valence-electron chi connectivity index (χ4n) is 3.37. The number of rotatable bonds is 3. The number of ether oxygens (including phenoxy) is 1. The molecule has 106 valence electrons. The van der Waals surface area contributed by atoms with Crippen LogP contribution in [-0.4, -0.2) is 18.2 Å². The molecule has 2 nitrogen and oxygen atoms in total. The lowest BCUT2D eigenvalue weighted by Gasteiger charge is -2.26. The first-order chi connectivity index (χ1) is 8.90. The largest absolute Gasteiger partial charge is 0.375 e. The topological polar surface area (TPSA) is 35.2 Å². The van der Waals surface area contributed by atoms with Crippen molar-refractivity contribution in [1.29, 1.82) is 0 Å². The molecule has 2 rings (SSSR count). The first-order valence-electron chi connectivity index (χ1n) is 7.37. The first-order valence-corrected chi connectivity index (χ1v) is 7.37. The Morgan fingerprint density at radius 1 is 1.11 bits per heavy atom. The van der Waals surface area contributed by atoms with Crippen molar-refractivity contribution in [1.82, 2.24) is 0 Å². The highest BCUT2D eigenvalue weighted by molar-refractivity contribution is 5.30. The average molecular weight is 261 g/mol. The fourth-order valence-corrected chi connectivity index (χ4v) is 3.37. The Balaban J connectivity index is 2.08. The van der Waals surface area contributed by atoms with Gasteiger partial charge in [0.05, 0.1) is 12.2 Å². The Morgan fingerprint density at radius 2 is 1.79 bits per heavy atom. The number of benzene rings is 1. The van der Waals surface area contributed by atoms with Crippen molar-refractivity contribution in [3.05, 3.63) is 34.9 Å². The van der Waals surface area contributed by atoms with E-state index in [0.29, 0.717) is 17.9 Å². The van der Waals surface area contributed by atoms with Crippen LogP contribution in [0.5, 0.6) is 0 Å². The quantitative estimate of drug-likeness (QED) is 0.906. The molecule has 1 aliphatic heterocycles. The fraction of sp³-hybridized carbons (Fsp3) is 0.647. The van der Waals surface area contributed by atoms with E-state index in [0.717, 1.165) is 6.42 Å². The highest BCUT2D eigenvalue weighted by Gasteiger charge is 2.40. The molecule has 1 aromatic carbocycles. The minimum absolute atomic E-state index is 0.178. The molecule has 0 amide bonds. The van der Waals surface area contributed by atoms with Gasteiger partial charge in [-0.05, 0) is 56.7 Å². The van der Waals surface area contributed by atoms with Crippen molar-refractivity contribution in [3.63, 3.8) is 0 Å². The van der Waals surface area contributed by atoms with E-state index < -0.39 is 0 Å². The van der Waals surface area contributed by atoms with Crippen LogP contribution in [0.2, 0.25) is 0 Å². The minimum atomic E-state index is 0.178. The van der Waals surface area contributed by atoms with E-state index in [-0.39, 0.29) is 12.1 Å². The molecule has 0 saturated carbocycles. The van der Waals surface area contributed by atoms with Crippen LogP contribution in [0.1, 0.15) is 37.5 Å². The molecule has 1 saturated heterocycles. The smallest absolute Gasteiger partial charge is 0.0597 e. The van der Waals surface area contributed by atoms with E-state index in [1.807, 2.05) is 0 Å². The zero-order valence-electron chi connectivity index (χ0n) is 12.8. The van der Waals surface area contributed by atoms with Gasteiger partial charge in [0, 0.05) is 12.0 Å². The molecule has 1 aliphatic rings. The third-order valence-electron chi connectivity index (χ3n) is 4.86. The molecule has 2 N–H and O–H groups in total. The molecule has 0 aromatic heterocycles. The summed E-state index contributed by atoms with van der Waals surface area (Å²) in [5.41, 5.74) is 10.5. The van der Waals surface area contributed by atoms with E-state index >= 15 is 0 Å². The predicted octanol–water partition coefficient (Wildman–Crippen LogP) is 3.23. The van der Waals surface area contributed by atoms with Crippen LogP contribution in [0.4, 0.5) is 0 Å². The van der Waals surface area contributed by atoms with Crippen LogP contribution in [0.15, 0.2) is 18.2 Å². The monoisotopic (exact) mass is 261 g/mol. The summed E-state index contributed by atoms with van der Waals surface area (Å²) in [5.74, 6) is 0.994. The van der Waals surface area contributed by atoms with Crippen molar-refractivity contribution < 1.29 is 4.74 Å². The maximum Gasteiger partial charge on any atom is 0.0597 e. The third kappa shape index (κ3) is 3.01. The van der Waals surface area contributed by atoms with Gasteiger partial charge in [0.1, 0.15) is 0 Å². The third-order valence-corrected chi connectivity index (χ3v) is 4.86. The zero-order chi connectivity index (χ0) is 14.2. The number of hydrogen-bond acceptors (Lipinski definition) is 2. The van der Waals surface area contributed by atoms with Crippen LogP contribution in [0, 0.1) is 25.7 Å². The van der Waals surface area contributed by atoms with Crippen molar-refractivity contribution in [2.75, 3.05) is 0 Å². The van der Waals surface area contributed by atoms with Crippen LogP contribution < -0.4 is 5.73 Å². The van der Waals surface area contributed by atoms with Gasteiger partial charge in [0.15, 0.2) is 0 Å². The van der Waals surface area contributed by atoms with E-state index in [4.69, 9.17) is 10.5 Å². The molecule has 2 heteroatoms. The number of nitrogens with two attached hydrogens (primary N) is 1. The van der Waals surface area contributed by atoms with Crippen molar-refractivity contribution in [2.24, 2.45) is 17.6 Å². The molecule has 5 atom stereocenters. The lowest BCUT2D eigenvalue weighted by Crippen LogP contribution is -2.39. The zero-order valence-corrected chi connectivity index (χ0v) is 12.8. The second kappa shape index (κ2) is 5.64. The lowest BCUT2D eigenvalue weighted by atomic mass is 9.81. The minimum Gasteiger partial charge on any atom is -0.375 e. The maximum absolute atomic E-state index is 6.46. The van der Waals surface area contributed by atoms with Gasteiger partial charge in [-0.3, -0.25) is 0 Å². The maximum atomic E-state index is 6.46. The molecule has 0 spiro atoms. The molecule has 0 radical (unpaired) electrons. The molecular weight excluding hydrogens is 234 g/mol. The molecule has 1 fully saturated rings. The van der Waals surface area contributed by atoms with E-state index in [2.05, 4.69) is 52.8 Å². The highest BCUT2D eigenvalue weighted by atomic mass is 16.5. The Hall–Kier alpha value is -0.860. The SMILES string of the molecule is Cc1ccc(CC(N)C2C(C)OC(C)C2C)cc1C. The molecule has 0 aliphatic carbocycles. The Labute approximate surface area is 117 Å². The van der Waals surface area contributed by atoms with Gasteiger partial charge in [0.25, 0.3) is 0 Å². The van der Waals surface area contributed by atoms with Crippen molar-refractivity contribution in [3.8, 4) is 0 Å². The van der Waals surface area contributed by atoms with Gasteiger partial charge in [-0.15, -0.1) is 0 Å². The van der Waals surface area contributed by atoms with Crippen molar-refractivity contribution >= 4 is 0 Å². The molecule has 1 aromatic rings. The Bertz CT molecular complexity index is 443. The van der Waals surface area contributed by atoms with Crippen LogP contribution in [-0.2, 0) is 11.2 Å². The van der Waals surface area contributed by atoms with Gasteiger partial charge in [0.2, 0.25) is 0 Å². The molecular formula is C17H27NO. The summed E-state index contributed by atoms with van der Waals surface area (Å²) < 4.78 is 5.91. The predicted molar refractivity (Wildman–Crippen MR) is 80.3 cm³/mol. The van der Waals surface area contributed by atoms with Gasteiger partial charge in [-0.2, -0.15) is 0 Å². The number of aryl methyl sites for hydroxylation is 2. The summed E-state index contributed by atoms with van der Waals surface area (Å²) in [6.45, 7) is 10.9. The summed E-state index contributed by atoms with van der Waals surface area (Å²) in [7, 11) is 0. The highest BCUT2D eigenvalue weighted by Crippen LogP contribution is 2.34. The van der Waals surface area contributed by atoms with E-state index in [1.165, 1.54) is 16.7 Å². The lowest BCUT2D eigenvalue weighted by molar-refractivity contribution is 0.0490. The summed E-state index contributed by atoms with van der Waals surface area (Å²) in [4.78, 5) is 0. The number of hydrogen-bond donors (Lipinski definition) is 1. The summed E-state index contributed by atoms with van der Waals surface area (Å²) in [6, 6.07) is 6.84. The van der Waals surface area contributed by atoms with Gasteiger partial charge >= 0.3 is 0 Å². The second-order valence-electron chi connectivity index (χ2n) is 6.27. The molecule has 19 heavy (non-hydrogen) atoms.